The quantitative estimate of drug-likeness (QED) is 0.493. The number of nitrogens with zero attached hydrogens (tertiary/aromatic N) is 2. The van der Waals surface area contributed by atoms with E-state index in [0.29, 0.717) is 42.9 Å². The minimum atomic E-state index is -3.48. The molecule has 0 saturated carbocycles. The number of ether oxygens (including phenoxy) is 1. The van der Waals surface area contributed by atoms with Gasteiger partial charge in [0, 0.05) is 38.6 Å². The Balaban J connectivity index is 2.48. The Bertz CT molecular complexity index is 935. The predicted molar refractivity (Wildman–Crippen MR) is 102 cm³/mol. The van der Waals surface area contributed by atoms with Crippen LogP contribution in [0.4, 0.5) is 5.69 Å². The Morgan fingerprint density at radius 2 is 2.04 bits per heavy atom. The van der Waals surface area contributed by atoms with Gasteiger partial charge in [-0.1, -0.05) is 0 Å². The van der Waals surface area contributed by atoms with Crippen LogP contribution in [-0.2, 0) is 21.1 Å². The van der Waals surface area contributed by atoms with Gasteiger partial charge in [0.2, 0.25) is 5.88 Å². The molecule has 0 aliphatic carbocycles. The number of benzene rings is 1. The number of hydrogen-bond donors (Lipinski definition) is 2. The number of methoxy groups -OCH3 is 1. The van der Waals surface area contributed by atoms with E-state index in [1.54, 1.807) is 21.0 Å². The summed E-state index contributed by atoms with van der Waals surface area (Å²) in [5, 5.41) is 17.2. The molecule has 0 fully saturated rings. The number of sulfone groups is 1. The minimum Gasteiger partial charge on any atom is -0.493 e. The van der Waals surface area contributed by atoms with E-state index in [0.717, 1.165) is 6.26 Å². The highest BCUT2D eigenvalue weighted by atomic mass is 32.2. The van der Waals surface area contributed by atoms with Gasteiger partial charge in [0.1, 0.15) is 5.56 Å². The Hall–Kier alpha value is -2.39. The third-order valence-corrected chi connectivity index (χ3v) is 5.39. The number of carbonyl (C=O) groups excluding carboxylic acids is 1. The van der Waals surface area contributed by atoms with Gasteiger partial charge in [-0.15, -0.1) is 0 Å². The summed E-state index contributed by atoms with van der Waals surface area (Å²) in [6.07, 6.45) is 3.12. The first-order valence-corrected chi connectivity index (χ1v) is 10.5. The number of nitrogens with one attached hydrogen (secondary N) is 1. The largest absolute Gasteiger partial charge is 0.493 e. The molecule has 1 aromatic carbocycles. The number of anilines is 1. The third-order valence-electron chi connectivity index (χ3n) is 4.25. The molecule has 9 heteroatoms. The Morgan fingerprint density at radius 1 is 1.33 bits per heavy atom. The Labute approximate surface area is 159 Å². The van der Waals surface area contributed by atoms with E-state index in [1.807, 2.05) is 0 Å². The van der Waals surface area contributed by atoms with Crippen molar-refractivity contribution in [3.8, 4) is 5.88 Å². The van der Waals surface area contributed by atoms with Gasteiger partial charge in [0.05, 0.1) is 16.8 Å². The molecule has 0 amide bonds. The van der Waals surface area contributed by atoms with Gasteiger partial charge >= 0.3 is 0 Å². The molecule has 0 aliphatic rings. The molecular weight excluding hydrogens is 370 g/mol. The molecule has 1 aromatic heterocycles. The molecule has 27 heavy (non-hydrogen) atoms. The molecule has 0 atom stereocenters. The van der Waals surface area contributed by atoms with Crippen molar-refractivity contribution in [3.05, 3.63) is 35.0 Å². The molecule has 2 rings (SSSR count). The first-order valence-electron chi connectivity index (χ1n) is 8.58. The van der Waals surface area contributed by atoms with E-state index in [4.69, 9.17) is 4.74 Å². The van der Waals surface area contributed by atoms with Gasteiger partial charge in [0.25, 0.3) is 0 Å². The minimum absolute atomic E-state index is 0.0809. The van der Waals surface area contributed by atoms with Crippen LogP contribution in [0.1, 0.15) is 34.8 Å². The van der Waals surface area contributed by atoms with Crippen molar-refractivity contribution in [2.24, 2.45) is 0 Å². The molecule has 148 valence electrons. The van der Waals surface area contributed by atoms with Crippen molar-refractivity contribution in [1.82, 2.24) is 9.78 Å². The van der Waals surface area contributed by atoms with E-state index in [-0.39, 0.29) is 16.3 Å². The molecule has 0 aliphatic heterocycles. The second-order valence-electron chi connectivity index (χ2n) is 6.18. The summed E-state index contributed by atoms with van der Waals surface area (Å²) in [4.78, 5) is 13.0. The number of aryl methyl sites for hydroxylation is 1. The fourth-order valence-electron chi connectivity index (χ4n) is 2.81. The zero-order valence-electron chi connectivity index (χ0n) is 15.9. The molecule has 0 saturated heterocycles. The highest BCUT2D eigenvalue weighted by molar-refractivity contribution is 7.90. The van der Waals surface area contributed by atoms with Crippen LogP contribution in [0.15, 0.2) is 23.2 Å². The topological polar surface area (TPSA) is 111 Å². The number of aromatic nitrogens is 2. The van der Waals surface area contributed by atoms with Crippen LogP contribution in [0, 0.1) is 6.92 Å². The van der Waals surface area contributed by atoms with Gasteiger partial charge in [-0.2, -0.15) is 5.10 Å². The first kappa shape index (κ1) is 20.9. The molecule has 0 bridgehead atoms. The zero-order chi connectivity index (χ0) is 20.2. The number of rotatable bonds is 9. The van der Waals surface area contributed by atoms with Gasteiger partial charge in [0.15, 0.2) is 15.6 Å². The highest BCUT2D eigenvalue weighted by Crippen LogP contribution is 2.31. The van der Waals surface area contributed by atoms with Crippen molar-refractivity contribution in [2.75, 3.05) is 31.8 Å². The lowest BCUT2D eigenvalue weighted by Crippen LogP contribution is -2.13. The number of carbonyl (C=O) groups is 1. The maximum Gasteiger partial charge on any atom is 0.220 e. The van der Waals surface area contributed by atoms with Crippen LogP contribution in [-0.4, -0.2) is 55.6 Å². The summed E-state index contributed by atoms with van der Waals surface area (Å²) in [5.74, 6) is -0.617. The van der Waals surface area contributed by atoms with Crippen molar-refractivity contribution in [1.29, 1.82) is 0 Å². The maximum absolute atomic E-state index is 12.9. The van der Waals surface area contributed by atoms with Crippen LogP contribution in [0.2, 0.25) is 0 Å². The molecule has 2 aromatic rings. The van der Waals surface area contributed by atoms with Crippen LogP contribution in [0.3, 0.4) is 0 Å². The highest BCUT2D eigenvalue weighted by Gasteiger charge is 2.24. The normalized spacial score (nSPS) is 11.6. The van der Waals surface area contributed by atoms with Gasteiger partial charge in [-0.3, -0.25) is 4.79 Å². The second kappa shape index (κ2) is 8.53. The smallest absolute Gasteiger partial charge is 0.220 e. The van der Waals surface area contributed by atoms with Crippen molar-refractivity contribution >= 4 is 21.3 Å². The molecular formula is C18H25N3O5S. The number of hydrogen-bond acceptors (Lipinski definition) is 7. The fourth-order valence-corrected chi connectivity index (χ4v) is 3.72. The lowest BCUT2D eigenvalue weighted by Gasteiger charge is -2.16. The SMILES string of the molecule is CCn1ncc(C(=O)c2ccc(S(C)(=O)=O)c(NCCCOC)c2C)c1O. The predicted octanol–water partition coefficient (Wildman–Crippen LogP) is 2.00. The molecule has 1 heterocycles. The molecule has 2 N–H and O–H groups in total. The molecule has 8 nitrogen and oxygen atoms in total. The monoisotopic (exact) mass is 395 g/mol. The molecule has 0 unspecified atom stereocenters. The Morgan fingerprint density at radius 3 is 2.59 bits per heavy atom. The average Bonchev–Trinajstić information content (AvgIpc) is 2.98. The summed E-state index contributed by atoms with van der Waals surface area (Å²) in [7, 11) is -1.89. The second-order valence-corrected chi connectivity index (χ2v) is 8.17. The summed E-state index contributed by atoms with van der Waals surface area (Å²) < 4.78 is 30.6. The van der Waals surface area contributed by atoms with Crippen LogP contribution in [0.25, 0.3) is 0 Å². The van der Waals surface area contributed by atoms with Crippen molar-refractivity contribution in [2.45, 2.75) is 31.7 Å². The summed E-state index contributed by atoms with van der Waals surface area (Å²) in [5.41, 5.74) is 1.28. The number of ketones is 1. The summed E-state index contributed by atoms with van der Waals surface area (Å²) in [6, 6.07) is 2.88. The van der Waals surface area contributed by atoms with E-state index in [2.05, 4.69) is 10.4 Å². The maximum atomic E-state index is 12.9. The van der Waals surface area contributed by atoms with Gasteiger partial charge < -0.3 is 15.2 Å². The standard InChI is InChI=1S/C18H25N3O5S/c1-5-21-18(23)14(11-20-21)17(22)13-7-8-15(27(4,24)25)16(12(13)2)19-9-6-10-26-3/h7-8,11,19,23H,5-6,9-10H2,1-4H3. The lowest BCUT2D eigenvalue weighted by atomic mass is 9.99. The van der Waals surface area contributed by atoms with Gasteiger partial charge in [-0.05, 0) is 38.0 Å². The van der Waals surface area contributed by atoms with E-state index in [9.17, 15) is 18.3 Å². The summed E-state index contributed by atoms with van der Waals surface area (Å²) >= 11 is 0. The van der Waals surface area contributed by atoms with E-state index < -0.39 is 15.6 Å². The average molecular weight is 395 g/mol. The van der Waals surface area contributed by atoms with E-state index in [1.165, 1.54) is 23.0 Å². The first-order chi connectivity index (χ1) is 12.7. The van der Waals surface area contributed by atoms with Crippen LogP contribution in [0.5, 0.6) is 5.88 Å². The fraction of sp³-hybridized carbons (Fsp3) is 0.444. The molecule has 0 radical (unpaired) electrons. The Kier molecular flexibility index (Phi) is 6.61. The van der Waals surface area contributed by atoms with Crippen molar-refractivity contribution in [3.63, 3.8) is 0 Å². The summed E-state index contributed by atoms with van der Waals surface area (Å²) in [6.45, 7) is 4.94. The molecule has 0 spiro atoms. The van der Waals surface area contributed by atoms with Crippen LogP contribution < -0.4 is 5.32 Å². The number of aromatic hydroxyl groups is 1. The van der Waals surface area contributed by atoms with Crippen LogP contribution >= 0.6 is 0 Å². The lowest BCUT2D eigenvalue weighted by molar-refractivity contribution is 0.103. The zero-order valence-corrected chi connectivity index (χ0v) is 16.8. The van der Waals surface area contributed by atoms with Crippen molar-refractivity contribution < 1.29 is 23.1 Å². The van der Waals surface area contributed by atoms with E-state index >= 15 is 0 Å². The van der Waals surface area contributed by atoms with Gasteiger partial charge in [-0.25, -0.2) is 13.1 Å². The third kappa shape index (κ3) is 4.48.